The highest BCUT2D eigenvalue weighted by Gasteiger charge is 2.73. The van der Waals surface area contributed by atoms with Gasteiger partial charge in [-0.1, -0.05) is 19.9 Å². The van der Waals surface area contributed by atoms with Crippen molar-refractivity contribution in [1.82, 2.24) is 10.2 Å². The summed E-state index contributed by atoms with van der Waals surface area (Å²) >= 11 is 0. The number of nitrogens with one attached hydrogen (secondary N) is 1. The number of aliphatic carboxylic acids is 1. The Labute approximate surface area is 177 Å². The lowest BCUT2D eigenvalue weighted by atomic mass is 9.48. The number of phenolic OH excluding ortho intramolecular Hbond substituents is 1. The van der Waals surface area contributed by atoms with Crippen LogP contribution in [-0.2, 0) is 21.4 Å². The van der Waals surface area contributed by atoms with Crippen LogP contribution in [0.5, 0.6) is 11.5 Å². The molecule has 3 N–H and O–H groups in total. The first-order valence-electron chi connectivity index (χ1n) is 11.0. The molecule has 7 heteroatoms. The summed E-state index contributed by atoms with van der Waals surface area (Å²) in [6.07, 6.45) is 3.05. The number of likely N-dealkylation sites (tertiary alicyclic amines) is 1. The molecule has 0 amide bonds. The summed E-state index contributed by atoms with van der Waals surface area (Å²) in [4.78, 5) is 14.3. The van der Waals surface area contributed by atoms with Crippen molar-refractivity contribution in [2.24, 2.45) is 5.92 Å². The van der Waals surface area contributed by atoms with E-state index in [2.05, 4.69) is 17.3 Å². The Morgan fingerprint density at radius 1 is 1.37 bits per heavy atom. The number of benzene rings is 1. The van der Waals surface area contributed by atoms with Gasteiger partial charge < -0.3 is 24.6 Å². The lowest BCUT2D eigenvalue weighted by Crippen LogP contribution is -2.78. The van der Waals surface area contributed by atoms with Crippen molar-refractivity contribution in [2.45, 2.75) is 74.8 Å². The minimum Gasteiger partial charge on any atom is -0.504 e. The summed E-state index contributed by atoms with van der Waals surface area (Å²) in [7, 11) is 3.97. The molecule has 2 aliphatic heterocycles. The molecule has 2 heterocycles. The van der Waals surface area contributed by atoms with Crippen LogP contribution in [0.4, 0.5) is 0 Å². The number of hydrogen-bond donors (Lipinski definition) is 3. The predicted octanol–water partition coefficient (Wildman–Crippen LogP) is 1.90. The number of hydrogen-bond acceptors (Lipinski definition) is 6. The topological polar surface area (TPSA) is 91.3 Å². The Kier molecular flexibility index (Phi) is 4.41. The zero-order valence-electron chi connectivity index (χ0n) is 18.1. The minimum atomic E-state index is -0.838. The molecule has 2 unspecified atom stereocenters. The predicted molar refractivity (Wildman–Crippen MR) is 111 cm³/mol. The van der Waals surface area contributed by atoms with Crippen LogP contribution in [0.25, 0.3) is 0 Å². The standard InChI is InChI=1S/C23H32N2O5/c1-12(2)18(21(27)28)24-14-7-8-23(29-4)16-11-13-5-6-15(26)19-17(13)22(23,20(14)30-19)9-10-25(16)3/h5-6,12,14,16,18,20,24,26H,7-11H2,1-4H3,(H,27,28)/t14-,16?,18-,20-,22?,23+/m0/s1. The third-order valence-electron chi connectivity index (χ3n) is 8.38. The zero-order chi connectivity index (χ0) is 21.4. The number of nitrogens with zero attached hydrogens (tertiary/aromatic N) is 1. The van der Waals surface area contributed by atoms with E-state index in [1.54, 1.807) is 13.2 Å². The maximum Gasteiger partial charge on any atom is 0.320 e. The van der Waals surface area contributed by atoms with E-state index in [0.29, 0.717) is 5.75 Å². The van der Waals surface area contributed by atoms with Gasteiger partial charge in [-0.2, -0.15) is 0 Å². The van der Waals surface area contributed by atoms with E-state index in [1.807, 2.05) is 19.9 Å². The highest BCUT2D eigenvalue weighted by Crippen LogP contribution is 2.66. The van der Waals surface area contributed by atoms with Crippen LogP contribution in [0.2, 0.25) is 0 Å². The van der Waals surface area contributed by atoms with Gasteiger partial charge in [0.25, 0.3) is 0 Å². The zero-order valence-corrected chi connectivity index (χ0v) is 18.1. The Morgan fingerprint density at radius 3 is 2.80 bits per heavy atom. The van der Waals surface area contributed by atoms with Crippen LogP contribution in [0.15, 0.2) is 12.1 Å². The van der Waals surface area contributed by atoms with Crippen molar-refractivity contribution < 1.29 is 24.5 Å². The van der Waals surface area contributed by atoms with Gasteiger partial charge in [-0.25, -0.2) is 0 Å². The molecule has 30 heavy (non-hydrogen) atoms. The normalized spacial score (nSPS) is 37.6. The van der Waals surface area contributed by atoms with E-state index in [0.717, 1.165) is 37.8 Å². The fraction of sp³-hybridized carbons (Fsp3) is 0.696. The molecule has 1 saturated carbocycles. The number of phenols is 1. The average Bonchev–Trinajstić information content (AvgIpc) is 3.06. The molecule has 7 nitrogen and oxygen atoms in total. The van der Waals surface area contributed by atoms with Crippen LogP contribution < -0.4 is 10.1 Å². The van der Waals surface area contributed by atoms with Gasteiger partial charge in [-0.05, 0) is 56.8 Å². The summed E-state index contributed by atoms with van der Waals surface area (Å²) < 4.78 is 13.0. The summed E-state index contributed by atoms with van der Waals surface area (Å²) in [5.74, 6) is -0.141. The summed E-state index contributed by atoms with van der Waals surface area (Å²) in [6.45, 7) is 4.77. The number of carbonyl (C=O) groups is 1. The molecule has 1 aromatic rings. The number of ether oxygens (including phenoxy) is 2. The third kappa shape index (κ3) is 2.29. The molecular weight excluding hydrogens is 384 g/mol. The Morgan fingerprint density at radius 2 is 2.13 bits per heavy atom. The molecule has 2 bridgehead atoms. The monoisotopic (exact) mass is 416 g/mol. The summed E-state index contributed by atoms with van der Waals surface area (Å²) in [5, 5.41) is 23.9. The second kappa shape index (κ2) is 6.58. The number of aromatic hydroxyl groups is 1. The maximum absolute atomic E-state index is 11.9. The Bertz CT molecular complexity index is 889. The van der Waals surface area contributed by atoms with Gasteiger partial charge in [0.2, 0.25) is 0 Å². The fourth-order valence-corrected chi connectivity index (χ4v) is 7.09. The van der Waals surface area contributed by atoms with Gasteiger partial charge in [-0.15, -0.1) is 0 Å². The van der Waals surface area contributed by atoms with E-state index in [1.165, 1.54) is 5.56 Å². The van der Waals surface area contributed by atoms with Gasteiger partial charge >= 0.3 is 5.97 Å². The Hall–Kier alpha value is -1.83. The highest BCUT2D eigenvalue weighted by atomic mass is 16.5. The molecule has 2 aliphatic carbocycles. The third-order valence-corrected chi connectivity index (χ3v) is 8.38. The first-order chi connectivity index (χ1) is 14.3. The number of carboxylic acid groups (broad SMARTS) is 1. The van der Waals surface area contributed by atoms with E-state index in [9.17, 15) is 15.0 Å². The van der Waals surface area contributed by atoms with Crippen LogP contribution in [0.1, 0.15) is 44.2 Å². The van der Waals surface area contributed by atoms with Crippen molar-refractivity contribution in [3.63, 3.8) is 0 Å². The van der Waals surface area contributed by atoms with Crippen LogP contribution in [0, 0.1) is 5.92 Å². The second-order valence-corrected chi connectivity index (χ2v) is 9.87. The lowest BCUT2D eigenvalue weighted by Gasteiger charge is -2.65. The molecule has 164 valence electrons. The van der Waals surface area contributed by atoms with Gasteiger partial charge in [-0.3, -0.25) is 10.1 Å². The van der Waals surface area contributed by atoms with E-state index in [4.69, 9.17) is 9.47 Å². The number of likely N-dealkylation sites (N-methyl/N-ethyl adjacent to an activating group) is 1. The molecule has 1 spiro atoms. The first kappa shape index (κ1) is 20.1. The number of rotatable bonds is 5. The van der Waals surface area contributed by atoms with Crippen molar-refractivity contribution in [2.75, 3.05) is 20.7 Å². The van der Waals surface area contributed by atoms with Crippen molar-refractivity contribution in [3.05, 3.63) is 23.3 Å². The SMILES string of the molecule is CO[C@@]12CC[C@H](N[C@H](C(=O)O)C(C)C)[C@@H]3Oc4c(O)ccc5c4C31CCN(C)C2C5. The molecular formula is C23H32N2O5. The smallest absolute Gasteiger partial charge is 0.320 e. The van der Waals surface area contributed by atoms with Gasteiger partial charge in [0.05, 0.1) is 11.0 Å². The molecule has 4 aliphatic rings. The molecule has 0 radical (unpaired) electrons. The molecule has 1 aromatic carbocycles. The van der Waals surface area contributed by atoms with Gasteiger partial charge in [0.1, 0.15) is 12.1 Å². The number of methoxy groups -OCH3 is 1. The molecule has 6 atom stereocenters. The van der Waals surface area contributed by atoms with Crippen molar-refractivity contribution in [1.29, 1.82) is 0 Å². The summed E-state index contributed by atoms with van der Waals surface area (Å²) in [5.41, 5.74) is 1.51. The molecule has 5 rings (SSSR count). The van der Waals surface area contributed by atoms with Crippen molar-refractivity contribution >= 4 is 5.97 Å². The second-order valence-electron chi connectivity index (χ2n) is 9.87. The maximum atomic E-state index is 11.9. The molecule has 1 saturated heterocycles. The fourth-order valence-electron chi connectivity index (χ4n) is 7.09. The number of piperidine rings is 1. The van der Waals surface area contributed by atoms with Crippen LogP contribution in [0.3, 0.4) is 0 Å². The first-order valence-corrected chi connectivity index (χ1v) is 11.0. The van der Waals surface area contributed by atoms with E-state index >= 15 is 0 Å². The van der Waals surface area contributed by atoms with Crippen LogP contribution >= 0.6 is 0 Å². The average molecular weight is 417 g/mol. The quantitative estimate of drug-likeness (QED) is 0.675. The lowest BCUT2D eigenvalue weighted by molar-refractivity contribution is -0.204. The van der Waals surface area contributed by atoms with Crippen molar-refractivity contribution in [3.8, 4) is 11.5 Å². The molecule has 2 fully saturated rings. The van der Waals surface area contributed by atoms with Gasteiger partial charge in [0.15, 0.2) is 11.5 Å². The highest BCUT2D eigenvalue weighted by molar-refractivity contribution is 5.74. The largest absolute Gasteiger partial charge is 0.504 e. The van der Waals surface area contributed by atoms with E-state index < -0.39 is 23.0 Å². The minimum absolute atomic E-state index is 0.0431. The van der Waals surface area contributed by atoms with E-state index in [-0.39, 0.29) is 29.9 Å². The number of carboxylic acids is 1. The van der Waals surface area contributed by atoms with Crippen LogP contribution in [-0.4, -0.2) is 71.6 Å². The Balaban J connectivity index is 1.67. The summed E-state index contributed by atoms with van der Waals surface area (Å²) in [6, 6.07) is 3.21. The van der Waals surface area contributed by atoms with Gasteiger partial charge in [0, 0.05) is 24.8 Å². The molecule has 0 aromatic heterocycles.